The lowest BCUT2D eigenvalue weighted by Crippen LogP contribution is -2.14. The highest BCUT2D eigenvalue weighted by Gasteiger charge is 2.15. The molecule has 3 aromatic carbocycles. The standard InChI is InChI=1S/C27H30O6S/c1-6-31-26(28)18-32-24-16-9-20(19-7-14-23(15-8-19)34(5,29)30)17-25(24)33-22-12-10-21(11-13-22)27(2,3)4/h7-17H,6,18H2,1-5H3. The highest BCUT2D eigenvalue weighted by atomic mass is 32.2. The molecule has 0 N–H and O–H groups in total. The van der Waals surface area contributed by atoms with Crippen LogP contribution in [0.15, 0.2) is 71.6 Å². The molecule has 0 spiro atoms. The third kappa shape index (κ3) is 6.60. The van der Waals surface area contributed by atoms with Crippen LogP contribution in [0.1, 0.15) is 33.3 Å². The lowest BCUT2D eigenvalue weighted by molar-refractivity contribution is -0.145. The minimum Gasteiger partial charge on any atom is -0.478 e. The van der Waals surface area contributed by atoms with Gasteiger partial charge in [-0.25, -0.2) is 13.2 Å². The van der Waals surface area contributed by atoms with E-state index in [0.717, 1.165) is 11.1 Å². The zero-order valence-corrected chi connectivity index (χ0v) is 20.9. The summed E-state index contributed by atoms with van der Waals surface area (Å²) in [5.41, 5.74) is 2.82. The SMILES string of the molecule is CCOC(=O)COc1ccc(-c2ccc(S(C)(=O)=O)cc2)cc1Oc1ccc(C(C)(C)C)cc1. The first kappa shape index (κ1) is 25.3. The molecule has 0 atom stereocenters. The molecule has 0 saturated carbocycles. The number of sulfone groups is 1. The third-order valence-electron chi connectivity index (χ3n) is 5.16. The second-order valence-corrected chi connectivity index (χ2v) is 10.9. The first-order valence-electron chi connectivity index (χ1n) is 11.0. The van der Waals surface area contributed by atoms with Crippen LogP contribution in [0.25, 0.3) is 11.1 Å². The van der Waals surface area contributed by atoms with E-state index in [0.29, 0.717) is 17.2 Å². The van der Waals surface area contributed by atoms with Gasteiger partial charge in [0.25, 0.3) is 0 Å². The van der Waals surface area contributed by atoms with Crippen LogP contribution in [0.3, 0.4) is 0 Å². The van der Waals surface area contributed by atoms with Crippen molar-refractivity contribution in [1.82, 2.24) is 0 Å². The average molecular weight is 483 g/mol. The Hall–Kier alpha value is -3.32. The number of esters is 1. The fraction of sp³-hybridized carbons (Fsp3) is 0.296. The molecule has 0 radical (unpaired) electrons. The van der Waals surface area contributed by atoms with Gasteiger partial charge in [0.1, 0.15) is 5.75 Å². The number of hydrogen-bond donors (Lipinski definition) is 0. The van der Waals surface area contributed by atoms with Crippen LogP contribution in [0.2, 0.25) is 0 Å². The molecule has 0 unspecified atom stereocenters. The topological polar surface area (TPSA) is 78.9 Å². The molecule has 0 aliphatic heterocycles. The number of ether oxygens (including phenoxy) is 3. The fourth-order valence-electron chi connectivity index (χ4n) is 3.27. The van der Waals surface area contributed by atoms with Gasteiger partial charge < -0.3 is 14.2 Å². The lowest BCUT2D eigenvalue weighted by Gasteiger charge is -2.19. The van der Waals surface area contributed by atoms with Gasteiger partial charge in [0.05, 0.1) is 11.5 Å². The molecule has 0 aliphatic carbocycles. The summed E-state index contributed by atoms with van der Waals surface area (Å²) in [6, 6.07) is 19.8. The van der Waals surface area contributed by atoms with Crippen LogP contribution in [0.4, 0.5) is 0 Å². The molecular formula is C27H30O6S. The molecule has 0 aliphatic rings. The van der Waals surface area contributed by atoms with Crippen LogP contribution >= 0.6 is 0 Å². The van der Waals surface area contributed by atoms with Crippen LogP contribution < -0.4 is 9.47 Å². The second kappa shape index (κ2) is 10.3. The Morgan fingerprint density at radius 3 is 2.03 bits per heavy atom. The Morgan fingerprint density at radius 1 is 0.853 bits per heavy atom. The summed E-state index contributed by atoms with van der Waals surface area (Å²) >= 11 is 0. The lowest BCUT2D eigenvalue weighted by atomic mass is 9.87. The normalized spacial score (nSPS) is 11.7. The van der Waals surface area contributed by atoms with Gasteiger partial charge in [-0.05, 0) is 65.4 Å². The van der Waals surface area contributed by atoms with Crippen molar-refractivity contribution in [3.8, 4) is 28.4 Å². The Balaban J connectivity index is 1.93. The van der Waals surface area contributed by atoms with E-state index in [1.165, 1.54) is 11.8 Å². The van der Waals surface area contributed by atoms with Crippen LogP contribution in [-0.4, -0.2) is 33.9 Å². The van der Waals surface area contributed by atoms with Crippen molar-refractivity contribution in [2.75, 3.05) is 19.5 Å². The molecule has 34 heavy (non-hydrogen) atoms. The van der Waals surface area contributed by atoms with E-state index >= 15 is 0 Å². The van der Waals surface area contributed by atoms with Gasteiger partial charge in [0, 0.05) is 6.26 Å². The Labute approximate surface area is 201 Å². The van der Waals surface area contributed by atoms with Crippen molar-refractivity contribution in [3.05, 3.63) is 72.3 Å². The summed E-state index contributed by atoms with van der Waals surface area (Å²) < 4.78 is 40.3. The molecule has 7 heteroatoms. The predicted octanol–water partition coefficient (Wildman–Crippen LogP) is 5.79. The minimum absolute atomic E-state index is 0.0183. The molecule has 6 nitrogen and oxygen atoms in total. The van der Waals surface area contributed by atoms with E-state index in [-0.39, 0.29) is 23.5 Å². The maximum Gasteiger partial charge on any atom is 0.344 e. The van der Waals surface area contributed by atoms with E-state index in [1.54, 1.807) is 43.3 Å². The van der Waals surface area contributed by atoms with Gasteiger partial charge in [-0.3, -0.25) is 0 Å². The number of carbonyl (C=O) groups is 1. The van der Waals surface area contributed by atoms with Crippen molar-refractivity contribution in [2.45, 2.75) is 38.0 Å². The van der Waals surface area contributed by atoms with Gasteiger partial charge in [-0.15, -0.1) is 0 Å². The summed E-state index contributed by atoms with van der Waals surface area (Å²) in [6.07, 6.45) is 1.18. The van der Waals surface area contributed by atoms with Crippen LogP contribution in [0.5, 0.6) is 17.2 Å². The molecule has 0 bridgehead atoms. The van der Waals surface area contributed by atoms with Crippen LogP contribution in [0, 0.1) is 0 Å². The smallest absolute Gasteiger partial charge is 0.344 e. The quantitative estimate of drug-likeness (QED) is 0.378. The highest BCUT2D eigenvalue weighted by Crippen LogP contribution is 2.37. The van der Waals surface area contributed by atoms with Crippen molar-refractivity contribution in [1.29, 1.82) is 0 Å². The van der Waals surface area contributed by atoms with E-state index in [2.05, 4.69) is 20.8 Å². The zero-order valence-electron chi connectivity index (χ0n) is 20.1. The maximum atomic E-state index is 11.8. The molecule has 3 aromatic rings. The molecule has 0 heterocycles. The van der Waals surface area contributed by atoms with E-state index < -0.39 is 15.8 Å². The fourth-order valence-corrected chi connectivity index (χ4v) is 3.90. The Kier molecular flexibility index (Phi) is 7.67. The Morgan fingerprint density at radius 2 is 1.47 bits per heavy atom. The number of benzene rings is 3. The van der Waals surface area contributed by atoms with Crippen molar-refractivity contribution in [2.24, 2.45) is 0 Å². The second-order valence-electron chi connectivity index (χ2n) is 8.93. The van der Waals surface area contributed by atoms with Crippen molar-refractivity contribution < 1.29 is 27.4 Å². The van der Waals surface area contributed by atoms with Gasteiger partial charge in [-0.2, -0.15) is 0 Å². The number of hydrogen-bond acceptors (Lipinski definition) is 6. The molecular weight excluding hydrogens is 452 g/mol. The first-order chi connectivity index (χ1) is 16.0. The minimum atomic E-state index is -3.28. The van der Waals surface area contributed by atoms with Crippen LogP contribution in [-0.2, 0) is 24.8 Å². The van der Waals surface area contributed by atoms with Gasteiger partial charge in [-0.1, -0.05) is 51.1 Å². The van der Waals surface area contributed by atoms with E-state index in [1.807, 2.05) is 30.3 Å². The summed E-state index contributed by atoms with van der Waals surface area (Å²) in [5.74, 6) is 0.976. The van der Waals surface area contributed by atoms with Gasteiger partial charge in [0.15, 0.2) is 27.9 Å². The summed E-state index contributed by atoms with van der Waals surface area (Å²) in [6.45, 7) is 8.19. The van der Waals surface area contributed by atoms with Gasteiger partial charge in [0.2, 0.25) is 0 Å². The van der Waals surface area contributed by atoms with Crippen molar-refractivity contribution >= 4 is 15.8 Å². The highest BCUT2D eigenvalue weighted by molar-refractivity contribution is 7.90. The molecule has 3 rings (SSSR count). The van der Waals surface area contributed by atoms with E-state index in [4.69, 9.17) is 14.2 Å². The molecule has 0 saturated heterocycles. The Bertz CT molecular complexity index is 1240. The largest absolute Gasteiger partial charge is 0.478 e. The molecule has 0 amide bonds. The monoisotopic (exact) mass is 482 g/mol. The average Bonchev–Trinajstić information content (AvgIpc) is 2.78. The molecule has 180 valence electrons. The summed E-state index contributed by atoms with van der Waals surface area (Å²) in [5, 5.41) is 0. The summed E-state index contributed by atoms with van der Waals surface area (Å²) in [4.78, 5) is 12.0. The first-order valence-corrected chi connectivity index (χ1v) is 12.9. The predicted molar refractivity (Wildman–Crippen MR) is 132 cm³/mol. The summed E-state index contributed by atoms with van der Waals surface area (Å²) in [7, 11) is -3.28. The molecule has 0 fully saturated rings. The van der Waals surface area contributed by atoms with Crippen molar-refractivity contribution in [3.63, 3.8) is 0 Å². The van der Waals surface area contributed by atoms with E-state index in [9.17, 15) is 13.2 Å². The zero-order chi connectivity index (χ0) is 24.9. The maximum absolute atomic E-state index is 11.8. The number of carbonyl (C=O) groups excluding carboxylic acids is 1. The third-order valence-corrected chi connectivity index (χ3v) is 6.29. The number of rotatable bonds is 8. The van der Waals surface area contributed by atoms with Gasteiger partial charge >= 0.3 is 5.97 Å². The molecule has 0 aromatic heterocycles.